The summed E-state index contributed by atoms with van der Waals surface area (Å²) >= 11 is 0. The summed E-state index contributed by atoms with van der Waals surface area (Å²) in [7, 11) is 1.32. The van der Waals surface area contributed by atoms with E-state index in [2.05, 4.69) is 5.32 Å². The number of rotatable bonds is 8. The molecular formula is C13H18N2O5. The molecule has 110 valence electrons. The molecule has 0 spiro atoms. The van der Waals surface area contributed by atoms with Crippen molar-refractivity contribution in [3.63, 3.8) is 0 Å². The number of aliphatic hydroxyl groups excluding tert-OH is 1. The quantitative estimate of drug-likeness (QED) is 0.427. The van der Waals surface area contributed by atoms with Gasteiger partial charge in [0.15, 0.2) is 5.75 Å². The van der Waals surface area contributed by atoms with Crippen LogP contribution in [0.5, 0.6) is 5.75 Å². The summed E-state index contributed by atoms with van der Waals surface area (Å²) in [4.78, 5) is 22.0. The largest absolute Gasteiger partial charge is 0.490 e. The summed E-state index contributed by atoms with van der Waals surface area (Å²) in [5, 5.41) is 22.1. The van der Waals surface area contributed by atoms with Gasteiger partial charge in [0, 0.05) is 30.8 Å². The van der Waals surface area contributed by atoms with Crippen LogP contribution in [-0.2, 0) is 0 Å². The predicted octanol–water partition coefficient (Wildman–Crippen LogP) is 1.50. The Labute approximate surface area is 116 Å². The highest BCUT2D eigenvalue weighted by molar-refractivity contribution is 5.95. The molecule has 0 saturated carbocycles. The molecule has 0 atom stereocenters. The van der Waals surface area contributed by atoms with Gasteiger partial charge in [-0.2, -0.15) is 0 Å². The van der Waals surface area contributed by atoms with Gasteiger partial charge in [-0.15, -0.1) is 0 Å². The Balaban J connectivity index is 2.62. The van der Waals surface area contributed by atoms with Crippen molar-refractivity contribution in [2.45, 2.75) is 19.3 Å². The number of ether oxygens (including phenoxy) is 1. The molecule has 1 rings (SSSR count). The Hall–Kier alpha value is -2.15. The van der Waals surface area contributed by atoms with Gasteiger partial charge in [-0.3, -0.25) is 14.9 Å². The number of nitro benzene ring substituents is 1. The van der Waals surface area contributed by atoms with Crippen LogP contribution in [0.4, 0.5) is 5.69 Å². The van der Waals surface area contributed by atoms with Gasteiger partial charge in [0.1, 0.15) is 0 Å². The molecule has 0 saturated heterocycles. The van der Waals surface area contributed by atoms with E-state index in [1.807, 2.05) is 0 Å². The van der Waals surface area contributed by atoms with Crippen molar-refractivity contribution in [3.8, 4) is 5.75 Å². The maximum absolute atomic E-state index is 11.8. The van der Waals surface area contributed by atoms with E-state index in [0.717, 1.165) is 12.8 Å². The van der Waals surface area contributed by atoms with Crippen molar-refractivity contribution in [1.82, 2.24) is 5.32 Å². The second-order valence-electron chi connectivity index (χ2n) is 4.18. The summed E-state index contributed by atoms with van der Waals surface area (Å²) in [6, 6.07) is 3.99. The SMILES string of the molecule is COc1cc(C(=O)NCCCCCO)ccc1[N+](=O)[O-]. The third-order valence-electron chi connectivity index (χ3n) is 2.76. The molecule has 0 unspecified atom stereocenters. The molecule has 0 aromatic heterocycles. The number of hydrogen-bond acceptors (Lipinski definition) is 5. The summed E-state index contributed by atoms with van der Waals surface area (Å²) in [6.45, 7) is 0.644. The summed E-state index contributed by atoms with van der Waals surface area (Å²) < 4.78 is 4.91. The second-order valence-corrected chi connectivity index (χ2v) is 4.18. The van der Waals surface area contributed by atoms with Crippen LogP contribution in [-0.4, -0.2) is 36.2 Å². The number of hydrogen-bond donors (Lipinski definition) is 2. The number of nitro groups is 1. The monoisotopic (exact) mass is 282 g/mol. The highest BCUT2D eigenvalue weighted by Gasteiger charge is 2.17. The van der Waals surface area contributed by atoms with Gasteiger partial charge >= 0.3 is 5.69 Å². The van der Waals surface area contributed by atoms with Crippen molar-refractivity contribution in [3.05, 3.63) is 33.9 Å². The number of nitrogens with one attached hydrogen (secondary N) is 1. The van der Waals surface area contributed by atoms with Crippen molar-refractivity contribution in [2.24, 2.45) is 0 Å². The van der Waals surface area contributed by atoms with Crippen LogP contribution in [0.1, 0.15) is 29.6 Å². The summed E-state index contributed by atoms with van der Waals surface area (Å²) in [5.74, 6) is -0.245. The number of carbonyl (C=O) groups is 1. The van der Waals surface area contributed by atoms with E-state index >= 15 is 0 Å². The van der Waals surface area contributed by atoms with E-state index in [0.29, 0.717) is 18.5 Å². The van der Waals surface area contributed by atoms with Gasteiger partial charge in [-0.25, -0.2) is 0 Å². The minimum Gasteiger partial charge on any atom is -0.490 e. The second kappa shape index (κ2) is 8.11. The van der Waals surface area contributed by atoms with Crippen molar-refractivity contribution < 1.29 is 19.6 Å². The molecule has 0 fully saturated rings. The molecule has 1 aromatic carbocycles. The van der Waals surface area contributed by atoms with E-state index in [9.17, 15) is 14.9 Å². The zero-order chi connectivity index (χ0) is 15.0. The summed E-state index contributed by atoms with van der Waals surface area (Å²) in [5.41, 5.74) is 0.140. The molecular weight excluding hydrogens is 264 g/mol. The number of aliphatic hydroxyl groups is 1. The molecule has 0 radical (unpaired) electrons. The fourth-order valence-electron chi connectivity index (χ4n) is 1.69. The Morgan fingerprint density at radius 2 is 2.15 bits per heavy atom. The first-order valence-electron chi connectivity index (χ1n) is 6.31. The van der Waals surface area contributed by atoms with E-state index in [1.165, 1.54) is 25.3 Å². The molecule has 7 nitrogen and oxygen atoms in total. The van der Waals surface area contributed by atoms with Crippen molar-refractivity contribution in [2.75, 3.05) is 20.3 Å². The summed E-state index contributed by atoms with van der Waals surface area (Å²) in [6.07, 6.45) is 2.32. The van der Waals surface area contributed by atoms with Crippen molar-refractivity contribution >= 4 is 11.6 Å². The first-order chi connectivity index (χ1) is 9.60. The topological polar surface area (TPSA) is 102 Å². The number of carbonyl (C=O) groups excluding carboxylic acids is 1. The van der Waals surface area contributed by atoms with Crippen LogP contribution in [0.25, 0.3) is 0 Å². The predicted molar refractivity (Wildman–Crippen MR) is 72.9 cm³/mol. The van der Waals surface area contributed by atoms with E-state index in [-0.39, 0.29) is 24.0 Å². The van der Waals surface area contributed by atoms with E-state index < -0.39 is 4.92 Å². The van der Waals surface area contributed by atoms with Gasteiger partial charge in [0.2, 0.25) is 0 Å². The molecule has 0 aliphatic carbocycles. The van der Waals surface area contributed by atoms with Crippen LogP contribution in [0.15, 0.2) is 18.2 Å². The lowest BCUT2D eigenvalue weighted by molar-refractivity contribution is -0.385. The Kier molecular flexibility index (Phi) is 6.45. The van der Waals surface area contributed by atoms with Gasteiger partial charge in [-0.1, -0.05) is 0 Å². The molecule has 0 heterocycles. The minimum absolute atomic E-state index is 0.0583. The fourth-order valence-corrected chi connectivity index (χ4v) is 1.69. The first kappa shape index (κ1) is 15.9. The number of amides is 1. The molecule has 1 aromatic rings. The fraction of sp³-hybridized carbons (Fsp3) is 0.462. The third kappa shape index (κ3) is 4.51. The molecule has 0 aliphatic rings. The minimum atomic E-state index is -0.560. The third-order valence-corrected chi connectivity index (χ3v) is 2.76. The van der Waals surface area contributed by atoms with Crippen LogP contribution >= 0.6 is 0 Å². The van der Waals surface area contributed by atoms with Gasteiger partial charge in [0.05, 0.1) is 12.0 Å². The van der Waals surface area contributed by atoms with Crippen LogP contribution < -0.4 is 10.1 Å². The number of nitrogens with zero attached hydrogens (tertiary/aromatic N) is 1. The first-order valence-corrected chi connectivity index (χ1v) is 6.31. The Morgan fingerprint density at radius 1 is 1.40 bits per heavy atom. The van der Waals surface area contributed by atoms with Gasteiger partial charge in [0.25, 0.3) is 5.91 Å². The average molecular weight is 282 g/mol. The van der Waals surface area contributed by atoms with Crippen LogP contribution in [0.2, 0.25) is 0 Å². The Bertz CT molecular complexity index is 476. The lowest BCUT2D eigenvalue weighted by Gasteiger charge is -2.07. The standard InChI is InChI=1S/C13H18N2O5/c1-20-12-9-10(5-6-11(12)15(18)19)13(17)14-7-3-2-4-8-16/h5-6,9,16H,2-4,7-8H2,1H3,(H,14,17). The van der Waals surface area contributed by atoms with Crippen molar-refractivity contribution in [1.29, 1.82) is 0 Å². The number of unbranched alkanes of at least 4 members (excludes halogenated alkanes) is 2. The Morgan fingerprint density at radius 3 is 2.75 bits per heavy atom. The smallest absolute Gasteiger partial charge is 0.310 e. The molecule has 0 bridgehead atoms. The van der Waals surface area contributed by atoms with E-state index in [1.54, 1.807) is 0 Å². The average Bonchev–Trinajstić information content (AvgIpc) is 2.45. The zero-order valence-electron chi connectivity index (χ0n) is 11.3. The maximum Gasteiger partial charge on any atom is 0.310 e. The lowest BCUT2D eigenvalue weighted by Crippen LogP contribution is -2.24. The molecule has 7 heteroatoms. The highest BCUT2D eigenvalue weighted by Crippen LogP contribution is 2.27. The lowest BCUT2D eigenvalue weighted by atomic mass is 10.1. The number of methoxy groups -OCH3 is 1. The molecule has 1 amide bonds. The molecule has 20 heavy (non-hydrogen) atoms. The van der Waals surface area contributed by atoms with Gasteiger partial charge < -0.3 is 15.2 Å². The van der Waals surface area contributed by atoms with Crippen LogP contribution in [0, 0.1) is 10.1 Å². The normalized spacial score (nSPS) is 10.1. The van der Waals surface area contributed by atoms with E-state index in [4.69, 9.17) is 9.84 Å². The van der Waals surface area contributed by atoms with Gasteiger partial charge in [-0.05, 0) is 25.3 Å². The number of benzene rings is 1. The highest BCUT2D eigenvalue weighted by atomic mass is 16.6. The zero-order valence-corrected chi connectivity index (χ0v) is 11.3. The molecule has 2 N–H and O–H groups in total. The van der Waals surface area contributed by atoms with Crippen LogP contribution in [0.3, 0.4) is 0 Å². The maximum atomic E-state index is 11.8. The molecule has 0 aliphatic heterocycles.